The molecule has 5 nitrogen and oxygen atoms in total. The van der Waals surface area contributed by atoms with Crippen LogP contribution in [0.3, 0.4) is 0 Å². The van der Waals surface area contributed by atoms with Crippen LogP contribution in [0.25, 0.3) is 11.5 Å². The van der Waals surface area contributed by atoms with Crippen molar-refractivity contribution in [3.63, 3.8) is 0 Å². The summed E-state index contributed by atoms with van der Waals surface area (Å²) in [5.41, 5.74) is 1.19. The molecule has 1 aliphatic rings. The van der Waals surface area contributed by atoms with Gasteiger partial charge in [-0.25, -0.2) is 4.98 Å². The van der Waals surface area contributed by atoms with Crippen molar-refractivity contribution < 1.29 is 13.9 Å². The lowest BCUT2D eigenvalue weighted by molar-refractivity contribution is -0.152. The molecule has 1 aliphatic heterocycles. The molecular formula is C19H23ClN2O3. The number of carbonyl (C=O) groups is 1. The van der Waals surface area contributed by atoms with Crippen molar-refractivity contribution >= 4 is 17.5 Å². The third-order valence-corrected chi connectivity index (χ3v) is 4.75. The fourth-order valence-corrected chi connectivity index (χ4v) is 3.09. The Morgan fingerprint density at radius 2 is 2.04 bits per heavy atom. The van der Waals surface area contributed by atoms with Gasteiger partial charge in [-0.1, -0.05) is 11.6 Å². The summed E-state index contributed by atoms with van der Waals surface area (Å²) in [6.07, 6.45) is 0.263. The van der Waals surface area contributed by atoms with Crippen LogP contribution in [0.4, 0.5) is 0 Å². The fraction of sp³-hybridized carbons (Fsp3) is 0.474. The molecule has 0 radical (unpaired) electrons. The molecule has 2 aromatic rings. The molecule has 134 valence electrons. The highest BCUT2D eigenvalue weighted by Crippen LogP contribution is 2.26. The summed E-state index contributed by atoms with van der Waals surface area (Å²) in [6.45, 7) is 8.98. The zero-order chi connectivity index (χ0) is 18.2. The minimum atomic E-state index is -0.319. The summed E-state index contributed by atoms with van der Waals surface area (Å²) in [5.74, 6) is 1.21. The zero-order valence-electron chi connectivity index (χ0n) is 15.0. The standard InChI is InChI=1S/C19H23ClN2O3/c1-12-10-22(19(3,4)11-24-12)17(23)9-16-13(2)25-18(21-16)14-5-7-15(20)8-6-14/h5-8,12H,9-11H2,1-4H3. The van der Waals surface area contributed by atoms with Gasteiger partial charge < -0.3 is 14.1 Å². The van der Waals surface area contributed by atoms with E-state index in [0.29, 0.717) is 35.5 Å². The molecule has 3 rings (SSSR count). The second-order valence-corrected chi connectivity index (χ2v) is 7.58. The van der Waals surface area contributed by atoms with Crippen LogP contribution in [0.5, 0.6) is 0 Å². The molecule has 1 amide bonds. The summed E-state index contributed by atoms with van der Waals surface area (Å²) in [7, 11) is 0. The van der Waals surface area contributed by atoms with E-state index in [1.807, 2.05) is 44.7 Å². The summed E-state index contributed by atoms with van der Waals surface area (Å²) < 4.78 is 11.4. The number of benzene rings is 1. The van der Waals surface area contributed by atoms with Crippen LogP contribution in [0.15, 0.2) is 28.7 Å². The predicted octanol–water partition coefficient (Wildman–Crippen LogP) is 3.87. The number of amides is 1. The monoisotopic (exact) mass is 362 g/mol. The average molecular weight is 363 g/mol. The second-order valence-electron chi connectivity index (χ2n) is 7.14. The van der Waals surface area contributed by atoms with E-state index in [0.717, 1.165) is 5.56 Å². The molecule has 2 heterocycles. The van der Waals surface area contributed by atoms with Crippen molar-refractivity contribution in [3.05, 3.63) is 40.7 Å². The van der Waals surface area contributed by atoms with E-state index in [9.17, 15) is 4.79 Å². The van der Waals surface area contributed by atoms with Crippen LogP contribution in [-0.2, 0) is 16.0 Å². The van der Waals surface area contributed by atoms with Crippen LogP contribution in [0.1, 0.15) is 32.2 Å². The van der Waals surface area contributed by atoms with Crippen LogP contribution in [-0.4, -0.2) is 40.6 Å². The van der Waals surface area contributed by atoms with E-state index in [-0.39, 0.29) is 24.0 Å². The maximum Gasteiger partial charge on any atom is 0.229 e. The van der Waals surface area contributed by atoms with Gasteiger partial charge in [-0.3, -0.25) is 4.79 Å². The first-order valence-corrected chi connectivity index (χ1v) is 8.78. The minimum Gasteiger partial charge on any atom is -0.441 e. The van der Waals surface area contributed by atoms with Gasteiger partial charge in [-0.2, -0.15) is 0 Å². The lowest BCUT2D eigenvalue weighted by Gasteiger charge is -2.44. The summed E-state index contributed by atoms with van der Waals surface area (Å²) >= 11 is 5.92. The number of oxazole rings is 1. The number of aryl methyl sites for hydroxylation is 1. The third kappa shape index (κ3) is 3.88. The number of hydrogen-bond acceptors (Lipinski definition) is 4. The van der Waals surface area contributed by atoms with Gasteiger partial charge in [-0.15, -0.1) is 0 Å². The van der Waals surface area contributed by atoms with E-state index >= 15 is 0 Å². The smallest absolute Gasteiger partial charge is 0.229 e. The highest BCUT2D eigenvalue weighted by molar-refractivity contribution is 6.30. The summed E-state index contributed by atoms with van der Waals surface area (Å²) in [4.78, 5) is 19.3. The van der Waals surface area contributed by atoms with E-state index < -0.39 is 0 Å². The SMILES string of the molecule is Cc1oc(-c2ccc(Cl)cc2)nc1CC(=O)N1CC(C)OCC1(C)C. The molecule has 1 fully saturated rings. The van der Waals surface area contributed by atoms with Crippen molar-refractivity contribution in [1.82, 2.24) is 9.88 Å². The average Bonchev–Trinajstić information content (AvgIpc) is 2.91. The second kappa shape index (κ2) is 6.81. The Balaban J connectivity index is 1.78. The first-order chi connectivity index (χ1) is 11.8. The van der Waals surface area contributed by atoms with E-state index in [2.05, 4.69) is 4.98 Å². The number of hydrogen-bond donors (Lipinski definition) is 0. The molecule has 0 spiro atoms. The van der Waals surface area contributed by atoms with Gasteiger partial charge in [0.1, 0.15) is 5.76 Å². The van der Waals surface area contributed by atoms with Crippen LogP contribution < -0.4 is 0 Å². The lowest BCUT2D eigenvalue weighted by Crippen LogP contribution is -2.58. The Labute approximate surface area is 152 Å². The lowest BCUT2D eigenvalue weighted by atomic mass is 10.00. The normalized spacial score (nSPS) is 19.9. The Morgan fingerprint density at radius 3 is 2.72 bits per heavy atom. The molecule has 1 unspecified atom stereocenters. The fourth-order valence-electron chi connectivity index (χ4n) is 2.97. The maximum atomic E-state index is 12.8. The van der Waals surface area contributed by atoms with Gasteiger partial charge in [0.25, 0.3) is 0 Å². The number of ether oxygens (including phenoxy) is 1. The largest absolute Gasteiger partial charge is 0.441 e. The van der Waals surface area contributed by atoms with Gasteiger partial charge in [0.15, 0.2) is 0 Å². The van der Waals surface area contributed by atoms with Crippen LogP contribution >= 0.6 is 11.6 Å². The number of carbonyl (C=O) groups excluding carboxylic acids is 1. The Hall–Kier alpha value is -1.85. The molecular weight excluding hydrogens is 340 g/mol. The molecule has 0 bridgehead atoms. The molecule has 6 heteroatoms. The van der Waals surface area contributed by atoms with Crippen molar-refractivity contribution in [2.45, 2.75) is 45.8 Å². The highest BCUT2D eigenvalue weighted by atomic mass is 35.5. The van der Waals surface area contributed by atoms with E-state index in [4.69, 9.17) is 20.8 Å². The molecule has 0 N–H and O–H groups in total. The number of halogens is 1. The van der Waals surface area contributed by atoms with Gasteiger partial charge >= 0.3 is 0 Å². The quantitative estimate of drug-likeness (QED) is 0.831. The van der Waals surface area contributed by atoms with Crippen molar-refractivity contribution in [2.75, 3.05) is 13.2 Å². The molecule has 1 aromatic heterocycles. The third-order valence-electron chi connectivity index (χ3n) is 4.50. The van der Waals surface area contributed by atoms with E-state index in [1.165, 1.54) is 0 Å². The van der Waals surface area contributed by atoms with Crippen LogP contribution in [0, 0.1) is 6.92 Å². The predicted molar refractivity (Wildman–Crippen MR) is 96.6 cm³/mol. The topological polar surface area (TPSA) is 55.6 Å². The number of morpholine rings is 1. The Morgan fingerprint density at radius 1 is 1.36 bits per heavy atom. The Kier molecular flexibility index (Phi) is 4.89. The van der Waals surface area contributed by atoms with Crippen molar-refractivity contribution in [1.29, 1.82) is 0 Å². The number of aromatic nitrogens is 1. The Bertz CT molecular complexity index is 767. The number of rotatable bonds is 3. The minimum absolute atomic E-state index is 0.0409. The molecule has 1 saturated heterocycles. The first-order valence-electron chi connectivity index (χ1n) is 8.40. The van der Waals surface area contributed by atoms with Gasteiger partial charge in [0, 0.05) is 17.1 Å². The maximum absolute atomic E-state index is 12.8. The molecule has 25 heavy (non-hydrogen) atoms. The molecule has 1 aromatic carbocycles. The van der Waals surface area contributed by atoms with Crippen LogP contribution in [0.2, 0.25) is 5.02 Å². The van der Waals surface area contributed by atoms with E-state index in [1.54, 1.807) is 12.1 Å². The first kappa shape index (κ1) is 18.0. The molecule has 1 atom stereocenters. The summed E-state index contributed by atoms with van der Waals surface area (Å²) in [5, 5.41) is 0.658. The summed E-state index contributed by atoms with van der Waals surface area (Å²) in [6, 6.07) is 7.29. The van der Waals surface area contributed by atoms with Crippen molar-refractivity contribution in [3.8, 4) is 11.5 Å². The van der Waals surface area contributed by atoms with Gasteiger partial charge in [-0.05, 0) is 52.0 Å². The van der Waals surface area contributed by atoms with Gasteiger partial charge in [0.05, 0.1) is 30.4 Å². The molecule has 0 saturated carbocycles. The molecule has 0 aliphatic carbocycles. The number of nitrogens with zero attached hydrogens (tertiary/aromatic N) is 2. The highest BCUT2D eigenvalue weighted by Gasteiger charge is 2.37. The van der Waals surface area contributed by atoms with Crippen molar-refractivity contribution in [2.24, 2.45) is 0 Å². The van der Waals surface area contributed by atoms with Gasteiger partial charge in [0.2, 0.25) is 11.8 Å². The zero-order valence-corrected chi connectivity index (χ0v) is 15.8.